The van der Waals surface area contributed by atoms with Crippen LogP contribution in [-0.2, 0) is 6.42 Å². The zero-order chi connectivity index (χ0) is 18.1. The van der Waals surface area contributed by atoms with Crippen LogP contribution in [0.25, 0.3) is 0 Å². The van der Waals surface area contributed by atoms with Gasteiger partial charge >= 0.3 is 0 Å². The molecule has 0 fully saturated rings. The summed E-state index contributed by atoms with van der Waals surface area (Å²) in [6.07, 6.45) is 0.0167. The summed E-state index contributed by atoms with van der Waals surface area (Å²) in [4.78, 5) is 4.20. The normalized spacial score (nSPS) is 12.5. The van der Waals surface area contributed by atoms with Crippen molar-refractivity contribution < 1.29 is 14.6 Å². The molecule has 4 N–H and O–H groups in total. The number of hydrogen-bond acceptors (Lipinski definition) is 4. The second kappa shape index (κ2) is 9.54. The van der Waals surface area contributed by atoms with E-state index < -0.39 is 6.10 Å². The molecule has 0 saturated carbocycles. The standard InChI is InChI=1S/C19H25N3O3/c1-24-15-8-9-18(25-2)16(12-15)17(23)13-22-19(20)21-11-10-14-6-4-3-5-7-14/h3-9,12,17,23H,10-11,13H2,1-2H3,(H3,20,21,22). The number of rotatable bonds is 8. The van der Waals surface area contributed by atoms with Crippen LogP contribution in [0.3, 0.4) is 0 Å². The van der Waals surface area contributed by atoms with Crippen LogP contribution in [0.1, 0.15) is 17.2 Å². The molecule has 0 spiro atoms. The van der Waals surface area contributed by atoms with E-state index in [2.05, 4.69) is 22.4 Å². The lowest BCUT2D eigenvalue weighted by Gasteiger charge is -2.15. The highest BCUT2D eigenvalue weighted by molar-refractivity contribution is 5.77. The minimum Gasteiger partial charge on any atom is -0.497 e. The summed E-state index contributed by atoms with van der Waals surface area (Å²) in [5.74, 6) is 1.53. The van der Waals surface area contributed by atoms with Crippen molar-refractivity contribution in [2.45, 2.75) is 12.5 Å². The lowest BCUT2D eigenvalue weighted by Crippen LogP contribution is -2.33. The number of methoxy groups -OCH3 is 2. The number of nitrogens with one attached hydrogen (secondary N) is 1. The second-order valence-electron chi connectivity index (χ2n) is 5.51. The SMILES string of the molecule is COc1ccc(OC)c(C(O)CN=C(N)NCCc2ccccc2)c1. The van der Waals surface area contributed by atoms with Gasteiger partial charge in [0, 0.05) is 12.1 Å². The van der Waals surface area contributed by atoms with E-state index in [1.54, 1.807) is 32.4 Å². The Kier molecular flexibility index (Phi) is 7.10. The summed E-state index contributed by atoms with van der Waals surface area (Å²) in [6.45, 7) is 0.811. The van der Waals surface area contributed by atoms with E-state index in [-0.39, 0.29) is 6.54 Å². The van der Waals surface area contributed by atoms with Crippen molar-refractivity contribution in [1.29, 1.82) is 0 Å². The van der Waals surface area contributed by atoms with E-state index in [9.17, 15) is 5.11 Å². The van der Waals surface area contributed by atoms with Gasteiger partial charge in [0.05, 0.1) is 20.8 Å². The molecule has 1 atom stereocenters. The fourth-order valence-corrected chi connectivity index (χ4v) is 2.42. The molecule has 1 unspecified atom stereocenters. The molecule has 134 valence electrons. The Balaban J connectivity index is 1.89. The van der Waals surface area contributed by atoms with Crippen LogP contribution in [0, 0.1) is 0 Å². The van der Waals surface area contributed by atoms with Gasteiger partial charge < -0.3 is 25.6 Å². The summed E-state index contributed by atoms with van der Waals surface area (Å²) < 4.78 is 10.5. The molecule has 0 bridgehead atoms. The molecule has 0 saturated heterocycles. The first-order chi connectivity index (χ1) is 12.1. The monoisotopic (exact) mass is 343 g/mol. The largest absolute Gasteiger partial charge is 0.497 e. The van der Waals surface area contributed by atoms with Crippen LogP contribution in [0.5, 0.6) is 11.5 Å². The molecule has 2 rings (SSSR count). The van der Waals surface area contributed by atoms with Crippen molar-refractivity contribution >= 4 is 5.96 Å². The van der Waals surface area contributed by atoms with Crippen LogP contribution in [0.2, 0.25) is 0 Å². The van der Waals surface area contributed by atoms with Crippen molar-refractivity contribution in [3.63, 3.8) is 0 Å². The second-order valence-corrected chi connectivity index (χ2v) is 5.51. The third-order valence-electron chi connectivity index (χ3n) is 3.79. The molecule has 0 aromatic heterocycles. The number of hydrogen-bond donors (Lipinski definition) is 3. The Labute approximate surface area is 148 Å². The predicted molar refractivity (Wildman–Crippen MR) is 99.1 cm³/mol. The smallest absolute Gasteiger partial charge is 0.188 e. The molecule has 25 heavy (non-hydrogen) atoms. The summed E-state index contributed by atoms with van der Waals surface area (Å²) in [7, 11) is 3.13. The minimum absolute atomic E-state index is 0.133. The fraction of sp³-hybridized carbons (Fsp3) is 0.316. The molecule has 0 heterocycles. The van der Waals surface area contributed by atoms with E-state index in [1.807, 2.05) is 18.2 Å². The topological polar surface area (TPSA) is 89.1 Å². The summed E-state index contributed by atoms with van der Waals surface area (Å²) in [6, 6.07) is 15.4. The van der Waals surface area contributed by atoms with Crippen LogP contribution in [-0.4, -0.2) is 38.4 Å². The number of aliphatic imine (C=N–C) groups is 1. The zero-order valence-electron chi connectivity index (χ0n) is 14.6. The first-order valence-electron chi connectivity index (χ1n) is 8.11. The van der Waals surface area contributed by atoms with Crippen molar-refractivity contribution in [3.05, 3.63) is 59.7 Å². The van der Waals surface area contributed by atoms with Crippen LogP contribution in [0.15, 0.2) is 53.5 Å². The van der Waals surface area contributed by atoms with Gasteiger partial charge in [-0.2, -0.15) is 0 Å². The average molecular weight is 343 g/mol. The Morgan fingerprint density at radius 1 is 1.16 bits per heavy atom. The summed E-state index contributed by atoms with van der Waals surface area (Å²) in [5.41, 5.74) is 7.70. The van der Waals surface area contributed by atoms with E-state index >= 15 is 0 Å². The van der Waals surface area contributed by atoms with E-state index in [0.29, 0.717) is 29.6 Å². The number of nitrogens with two attached hydrogens (primary N) is 1. The van der Waals surface area contributed by atoms with Crippen molar-refractivity contribution in [2.24, 2.45) is 10.7 Å². The molecule has 2 aromatic carbocycles. The van der Waals surface area contributed by atoms with Gasteiger partial charge in [-0.1, -0.05) is 30.3 Å². The molecule has 0 aliphatic heterocycles. The number of aliphatic hydroxyl groups is 1. The van der Waals surface area contributed by atoms with Gasteiger partial charge in [-0.3, -0.25) is 4.99 Å². The Morgan fingerprint density at radius 2 is 1.92 bits per heavy atom. The lowest BCUT2D eigenvalue weighted by atomic mass is 10.1. The van der Waals surface area contributed by atoms with Gasteiger partial charge in [0.1, 0.15) is 17.6 Å². The van der Waals surface area contributed by atoms with Crippen molar-refractivity contribution in [2.75, 3.05) is 27.3 Å². The summed E-state index contributed by atoms with van der Waals surface area (Å²) in [5, 5.41) is 13.4. The molecule has 6 nitrogen and oxygen atoms in total. The maximum atomic E-state index is 10.4. The third-order valence-corrected chi connectivity index (χ3v) is 3.79. The highest BCUT2D eigenvalue weighted by Gasteiger charge is 2.14. The highest BCUT2D eigenvalue weighted by atomic mass is 16.5. The quantitative estimate of drug-likeness (QED) is 0.503. The Bertz CT molecular complexity index is 690. The molecular weight excluding hydrogens is 318 g/mol. The molecule has 0 aliphatic carbocycles. The van der Waals surface area contributed by atoms with E-state index in [1.165, 1.54) is 5.56 Å². The maximum absolute atomic E-state index is 10.4. The first kappa shape index (κ1) is 18.6. The number of benzene rings is 2. The van der Waals surface area contributed by atoms with Gasteiger partial charge in [-0.05, 0) is 30.2 Å². The van der Waals surface area contributed by atoms with Crippen LogP contribution >= 0.6 is 0 Å². The number of guanidine groups is 1. The molecule has 0 radical (unpaired) electrons. The molecular formula is C19H25N3O3. The molecule has 6 heteroatoms. The van der Waals surface area contributed by atoms with E-state index in [4.69, 9.17) is 15.2 Å². The lowest BCUT2D eigenvalue weighted by molar-refractivity contribution is 0.182. The zero-order valence-corrected chi connectivity index (χ0v) is 14.6. The maximum Gasteiger partial charge on any atom is 0.188 e. The predicted octanol–water partition coefficient (Wildman–Crippen LogP) is 1.88. The first-order valence-corrected chi connectivity index (χ1v) is 8.11. The van der Waals surface area contributed by atoms with Crippen LogP contribution < -0.4 is 20.5 Å². The van der Waals surface area contributed by atoms with Gasteiger partial charge in [0.25, 0.3) is 0 Å². The Morgan fingerprint density at radius 3 is 2.60 bits per heavy atom. The van der Waals surface area contributed by atoms with Crippen molar-refractivity contribution in [3.8, 4) is 11.5 Å². The van der Waals surface area contributed by atoms with E-state index in [0.717, 1.165) is 6.42 Å². The van der Waals surface area contributed by atoms with Crippen molar-refractivity contribution in [1.82, 2.24) is 5.32 Å². The van der Waals surface area contributed by atoms with Crippen LogP contribution in [0.4, 0.5) is 0 Å². The third kappa shape index (κ3) is 5.69. The van der Waals surface area contributed by atoms with Gasteiger partial charge in [0.15, 0.2) is 5.96 Å². The number of ether oxygens (including phenoxy) is 2. The van der Waals surface area contributed by atoms with Gasteiger partial charge in [-0.25, -0.2) is 0 Å². The average Bonchev–Trinajstić information content (AvgIpc) is 2.66. The summed E-state index contributed by atoms with van der Waals surface area (Å²) >= 11 is 0. The Hall–Kier alpha value is -2.73. The number of nitrogens with zero attached hydrogens (tertiary/aromatic N) is 1. The number of aliphatic hydroxyl groups excluding tert-OH is 1. The molecule has 2 aromatic rings. The van der Waals surface area contributed by atoms with Gasteiger partial charge in [0.2, 0.25) is 0 Å². The minimum atomic E-state index is -0.834. The van der Waals surface area contributed by atoms with Gasteiger partial charge in [-0.15, -0.1) is 0 Å². The molecule has 0 aliphatic rings. The highest BCUT2D eigenvalue weighted by Crippen LogP contribution is 2.29. The molecule has 0 amide bonds. The fourth-order valence-electron chi connectivity index (χ4n) is 2.42.